The molecular weight excluding hydrogens is 471 g/mol. The SMILES string of the molecule is CNC(=O)c1c2cc(C3CC3)c(N(CC(F)C3COC3)S(C)(=O)=O)cc2nn1-c1ccc(C)cc1. The second-order valence-electron chi connectivity index (χ2n) is 9.49. The minimum absolute atomic E-state index is 0.156. The number of hydrogen-bond donors (Lipinski definition) is 1. The number of ether oxygens (including phenoxy) is 1. The van der Waals surface area contributed by atoms with Gasteiger partial charge in [0, 0.05) is 18.4 Å². The van der Waals surface area contributed by atoms with E-state index in [0.717, 1.165) is 34.5 Å². The van der Waals surface area contributed by atoms with E-state index in [1.807, 2.05) is 37.3 Å². The van der Waals surface area contributed by atoms with Crippen molar-refractivity contribution in [2.24, 2.45) is 5.92 Å². The van der Waals surface area contributed by atoms with Gasteiger partial charge in [0.1, 0.15) is 11.9 Å². The van der Waals surface area contributed by atoms with Crippen molar-refractivity contribution in [1.29, 1.82) is 0 Å². The van der Waals surface area contributed by atoms with E-state index in [4.69, 9.17) is 4.74 Å². The molecule has 1 N–H and O–H groups in total. The highest BCUT2D eigenvalue weighted by molar-refractivity contribution is 7.92. The van der Waals surface area contributed by atoms with E-state index in [9.17, 15) is 17.6 Å². The lowest BCUT2D eigenvalue weighted by molar-refractivity contribution is -0.0656. The fourth-order valence-corrected chi connectivity index (χ4v) is 5.40. The van der Waals surface area contributed by atoms with Crippen LogP contribution in [0.1, 0.15) is 40.4 Å². The molecule has 1 aliphatic heterocycles. The number of rotatable bonds is 8. The van der Waals surface area contributed by atoms with Gasteiger partial charge in [0.2, 0.25) is 10.0 Å². The van der Waals surface area contributed by atoms with Crippen LogP contribution >= 0.6 is 0 Å². The summed E-state index contributed by atoms with van der Waals surface area (Å²) in [6.07, 6.45) is 1.58. The van der Waals surface area contributed by atoms with Gasteiger partial charge < -0.3 is 10.1 Å². The number of carbonyl (C=O) groups excluding carboxylic acids is 1. The van der Waals surface area contributed by atoms with E-state index in [-0.39, 0.29) is 24.3 Å². The van der Waals surface area contributed by atoms with Crippen LogP contribution in [-0.2, 0) is 14.8 Å². The van der Waals surface area contributed by atoms with Gasteiger partial charge >= 0.3 is 0 Å². The minimum atomic E-state index is -3.77. The number of aromatic nitrogens is 2. The number of hydrogen-bond acceptors (Lipinski definition) is 5. The first-order valence-electron chi connectivity index (χ1n) is 11.7. The van der Waals surface area contributed by atoms with Crippen LogP contribution in [-0.4, -0.2) is 63.3 Å². The number of alkyl halides is 1. The largest absolute Gasteiger partial charge is 0.380 e. The number of anilines is 1. The molecule has 2 heterocycles. The Hall–Kier alpha value is -2.98. The van der Waals surface area contributed by atoms with Crippen LogP contribution in [0.5, 0.6) is 0 Å². The van der Waals surface area contributed by atoms with Gasteiger partial charge in [-0.05, 0) is 55.5 Å². The van der Waals surface area contributed by atoms with E-state index in [0.29, 0.717) is 41.2 Å². The summed E-state index contributed by atoms with van der Waals surface area (Å²) in [7, 11) is -2.21. The third-order valence-corrected chi connectivity index (χ3v) is 7.89. The van der Waals surface area contributed by atoms with Gasteiger partial charge in [-0.2, -0.15) is 5.10 Å². The highest BCUT2D eigenvalue weighted by atomic mass is 32.2. The van der Waals surface area contributed by atoms with Crippen molar-refractivity contribution in [3.05, 3.63) is 53.2 Å². The molecule has 10 heteroatoms. The predicted molar refractivity (Wildman–Crippen MR) is 133 cm³/mol. The van der Waals surface area contributed by atoms with Crippen LogP contribution in [0.2, 0.25) is 0 Å². The van der Waals surface area contributed by atoms with Crippen LogP contribution in [0, 0.1) is 12.8 Å². The number of fused-ring (bicyclic) bond motifs is 1. The molecule has 1 unspecified atom stereocenters. The quantitative estimate of drug-likeness (QED) is 0.512. The van der Waals surface area contributed by atoms with Crippen molar-refractivity contribution in [1.82, 2.24) is 15.1 Å². The summed E-state index contributed by atoms with van der Waals surface area (Å²) in [4.78, 5) is 12.9. The highest BCUT2D eigenvalue weighted by Crippen LogP contribution is 2.47. The molecule has 1 aliphatic carbocycles. The summed E-state index contributed by atoms with van der Waals surface area (Å²) in [6, 6.07) is 11.2. The lowest BCUT2D eigenvalue weighted by Gasteiger charge is -2.33. The Labute approximate surface area is 204 Å². The number of aryl methyl sites for hydroxylation is 1. The molecule has 35 heavy (non-hydrogen) atoms. The smallest absolute Gasteiger partial charge is 0.270 e. The zero-order valence-electron chi connectivity index (χ0n) is 20.0. The van der Waals surface area contributed by atoms with Crippen LogP contribution in [0.3, 0.4) is 0 Å². The van der Waals surface area contributed by atoms with Gasteiger partial charge in [-0.1, -0.05) is 17.7 Å². The Morgan fingerprint density at radius 2 is 1.94 bits per heavy atom. The van der Waals surface area contributed by atoms with E-state index in [1.165, 1.54) is 0 Å². The number of nitrogens with one attached hydrogen (secondary N) is 1. The molecule has 8 nitrogen and oxygen atoms in total. The minimum Gasteiger partial charge on any atom is -0.380 e. The Balaban J connectivity index is 1.69. The molecule has 186 valence electrons. The maximum atomic E-state index is 15.0. The molecule has 0 radical (unpaired) electrons. The average Bonchev–Trinajstić information content (AvgIpc) is 3.55. The van der Waals surface area contributed by atoms with Crippen molar-refractivity contribution in [3.8, 4) is 5.69 Å². The van der Waals surface area contributed by atoms with Crippen LogP contribution < -0.4 is 9.62 Å². The van der Waals surface area contributed by atoms with Crippen molar-refractivity contribution in [2.75, 3.05) is 37.4 Å². The van der Waals surface area contributed by atoms with Gasteiger partial charge in [0.05, 0.1) is 42.9 Å². The molecule has 1 saturated heterocycles. The normalized spacial score (nSPS) is 17.3. The molecule has 1 amide bonds. The van der Waals surface area contributed by atoms with Gasteiger partial charge in [0.15, 0.2) is 0 Å². The lowest BCUT2D eigenvalue weighted by atomic mass is 10.0. The molecule has 0 bridgehead atoms. The Bertz CT molecular complexity index is 1380. The zero-order valence-corrected chi connectivity index (χ0v) is 20.8. The summed E-state index contributed by atoms with van der Waals surface area (Å²) >= 11 is 0. The molecule has 2 fully saturated rings. The van der Waals surface area contributed by atoms with Crippen molar-refractivity contribution in [2.45, 2.75) is 31.9 Å². The topological polar surface area (TPSA) is 93.5 Å². The fraction of sp³-hybridized carbons (Fsp3) is 0.440. The van der Waals surface area contributed by atoms with Gasteiger partial charge in [-0.3, -0.25) is 9.10 Å². The maximum absolute atomic E-state index is 15.0. The van der Waals surface area contributed by atoms with Crippen molar-refractivity contribution in [3.63, 3.8) is 0 Å². The zero-order chi connectivity index (χ0) is 24.9. The summed E-state index contributed by atoms with van der Waals surface area (Å²) in [5, 5.41) is 8.01. The molecule has 1 aromatic heterocycles. The van der Waals surface area contributed by atoms with Gasteiger partial charge in [-0.15, -0.1) is 0 Å². The van der Waals surface area contributed by atoms with Gasteiger partial charge in [-0.25, -0.2) is 17.5 Å². The highest BCUT2D eigenvalue weighted by Gasteiger charge is 2.36. The van der Waals surface area contributed by atoms with E-state index >= 15 is 0 Å². The summed E-state index contributed by atoms with van der Waals surface area (Å²) < 4.78 is 48.5. The fourth-order valence-electron chi connectivity index (χ4n) is 4.47. The molecule has 1 saturated carbocycles. The number of halogens is 1. The van der Waals surface area contributed by atoms with Crippen LogP contribution in [0.25, 0.3) is 16.6 Å². The predicted octanol–water partition coefficient (Wildman–Crippen LogP) is 3.32. The maximum Gasteiger partial charge on any atom is 0.270 e. The molecule has 3 aromatic rings. The third-order valence-electron chi connectivity index (χ3n) is 6.74. The lowest BCUT2D eigenvalue weighted by Crippen LogP contribution is -2.44. The van der Waals surface area contributed by atoms with Crippen molar-refractivity contribution < 1.29 is 22.3 Å². The van der Waals surface area contributed by atoms with Crippen LogP contribution in [0.15, 0.2) is 36.4 Å². The molecule has 5 rings (SSSR count). The summed E-state index contributed by atoms with van der Waals surface area (Å²) in [5.41, 5.74) is 3.87. The third kappa shape index (κ3) is 4.52. The number of sulfonamides is 1. The second kappa shape index (κ2) is 8.91. The first kappa shape index (κ1) is 23.7. The second-order valence-corrected chi connectivity index (χ2v) is 11.4. The Kier molecular flexibility index (Phi) is 6.04. The summed E-state index contributed by atoms with van der Waals surface area (Å²) in [6.45, 7) is 2.29. The number of amides is 1. The Morgan fingerprint density at radius 3 is 2.49 bits per heavy atom. The van der Waals surface area contributed by atoms with Gasteiger partial charge in [0.25, 0.3) is 5.91 Å². The summed E-state index contributed by atoms with van der Waals surface area (Å²) in [5.74, 6) is -0.451. The first-order valence-corrected chi connectivity index (χ1v) is 13.6. The number of benzene rings is 2. The molecule has 2 aromatic carbocycles. The standard InChI is InChI=1S/C25H29FN4O4S/c1-15-4-8-18(9-5-15)30-24(25(31)27-2)20-10-19(16-6-7-16)23(11-22(20)28-30)29(35(3,32)33)12-21(26)17-13-34-14-17/h4-5,8-11,16-17,21H,6-7,12-14H2,1-3H3,(H,27,31). The van der Waals surface area contributed by atoms with E-state index in [2.05, 4.69) is 10.4 Å². The first-order chi connectivity index (χ1) is 16.7. The Morgan fingerprint density at radius 1 is 1.26 bits per heavy atom. The molecule has 1 atom stereocenters. The number of carbonyl (C=O) groups is 1. The van der Waals surface area contributed by atoms with E-state index < -0.39 is 16.2 Å². The molecular formula is C25H29FN4O4S. The van der Waals surface area contributed by atoms with Crippen LogP contribution in [0.4, 0.5) is 10.1 Å². The average molecular weight is 501 g/mol. The molecule has 0 spiro atoms. The molecule has 2 aliphatic rings. The monoisotopic (exact) mass is 500 g/mol. The van der Waals surface area contributed by atoms with E-state index in [1.54, 1.807) is 17.8 Å². The van der Waals surface area contributed by atoms with Crippen molar-refractivity contribution >= 4 is 32.5 Å². The number of nitrogens with zero attached hydrogens (tertiary/aromatic N) is 3.